The van der Waals surface area contributed by atoms with Crippen LogP contribution in [0.4, 0.5) is 5.82 Å². The zero-order valence-corrected chi connectivity index (χ0v) is 43.7. The zero-order chi connectivity index (χ0) is 51.7. The van der Waals surface area contributed by atoms with Gasteiger partial charge in [0.1, 0.15) is 36.3 Å². The van der Waals surface area contributed by atoms with E-state index in [1.165, 1.54) is 52.4 Å². The van der Waals surface area contributed by atoms with Crippen LogP contribution < -0.4 is 16.4 Å². The molecule has 3 rings (SSSR count). The predicted octanol–water partition coefficient (Wildman–Crippen LogP) is 5.05. The lowest BCUT2D eigenvalue weighted by Crippen LogP contribution is -2.46. The number of phosphoric ester groups is 3. The molecule has 1 aliphatic heterocycles. The number of phosphoric acid groups is 3. The first-order valence-corrected chi connectivity index (χ1v) is 28.3. The average molecular weight is 1060 g/mol. The van der Waals surface area contributed by atoms with Gasteiger partial charge < -0.3 is 50.9 Å². The Kier molecular flexibility index (Phi) is 24.5. The third-order valence-electron chi connectivity index (χ3n) is 11.3. The van der Waals surface area contributed by atoms with E-state index >= 15 is 0 Å². The van der Waals surface area contributed by atoms with Crippen molar-refractivity contribution in [2.75, 3.05) is 37.8 Å². The molecule has 2 aromatic heterocycles. The lowest BCUT2D eigenvalue weighted by atomic mass is 9.87. The minimum Gasteiger partial charge on any atom is -0.386 e. The van der Waals surface area contributed by atoms with Gasteiger partial charge in [0.15, 0.2) is 17.7 Å². The molecule has 1 aliphatic rings. The number of nitrogens with one attached hydrogen (secondary N) is 2. The first-order chi connectivity index (χ1) is 32.1. The van der Waals surface area contributed by atoms with Crippen LogP contribution in [0.1, 0.15) is 119 Å². The van der Waals surface area contributed by atoms with E-state index in [9.17, 15) is 57.9 Å². The highest BCUT2D eigenvalue weighted by Gasteiger charge is 2.50. The van der Waals surface area contributed by atoms with E-state index in [0.29, 0.717) is 11.7 Å². The summed E-state index contributed by atoms with van der Waals surface area (Å²) in [4.78, 5) is 88.8. The van der Waals surface area contributed by atoms with Gasteiger partial charge in [0.25, 0.3) is 0 Å². The quantitative estimate of drug-likeness (QED) is 0.0263. The molecule has 0 saturated carbocycles. The summed E-state index contributed by atoms with van der Waals surface area (Å²) < 4.78 is 62.5. The molecule has 1 saturated heterocycles. The Balaban J connectivity index is 1.35. The number of amides is 2. The largest absolute Gasteiger partial charge is 0.481 e. The maximum absolute atomic E-state index is 12.8. The second kappa shape index (κ2) is 27.9. The molecule has 0 radical (unpaired) electrons. The number of carbonyl (C=O) groups excluding carboxylic acids is 3. The van der Waals surface area contributed by atoms with Gasteiger partial charge in [0, 0.05) is 30.7 Å². The second-order valence-corrected chi connectivity index (χ2v) is 23.9. The maximum Gasteiger partial charge on any atom is 0.481 e. The molecule has 9 atom stereocenters. The normalized spacial score (nSPS) is 21.2. The molecule has 4 unspecified atom stereocenters. The number of nitrogen functional groups attached to an aromatic ring is 1. The zero-order valence-electron chi connectivity index (χ0n) is 40.2. The molecule has 2 amide bonds. The van der Waals surface area contributed by atoms with Crippen molar-refractivity contribution in [2.24, 2.45) is 23.2 Å². The Morgan fingerprint density at radius 1 is 0.913 bits per heavy atom. The molecular weight excluding hydrogens is 987 g/mol. The average Bonchev–Trinajstić information content (AvgIpc) is 3.80. The molecule has 3 heterocycles. The van der Waals surface area contributed by atoms with E-state index in [1.54, 1.807) is 6.08 Å². The van der Waals surface area contributed by atoms with Gasteiger partial charge in [-0.3, -0.25) is 32.5 Å². The molecule has 0 aromatic carbocycles. The van der Waals surface area contributed by atoms with E-state index in [4.69, 9.17) is 19.5 Å². The van der Waals surface area contributed by atoms with Gasteiger partial charge in [-0.1, -0.05) is 104 Å². The Bertz CT molecular complexity index is 2160. The number of rotatable bonds is 32. The number of allylic oxidation sites excluding steroid dienone is 1. The number of aliphatic hydroxyl groups excluding tert-OH is 2. The Labute approximate surface area is 407 Å². The number of aromatic nitrogens is 4. The van der Waals surface area contributed by atoms with Crippen LogP contribution in [0.15, 0.2) is 24.3 Å². The van der Waals surface area contributed by atoms with Crippen LogP contribution in [0.3, 0.4) is 0 Å². The summed E-state index contributed by atoms with van der Waals surface area (Å²) >= 11 is 1.08. The monoisotopic (exact) mass is 1060 g/mol. The van der Waals surface area contributed by atoms with E-state index in [2.05, 4.69) is 62.1 Å². The first kappa shape index (κ1) is 60.6. The summed E-state index contributed by atoms with van der Waals surface area (Å²) in [5, 5.41) is 26.5. The van der Waals surface area contributed by atoms with Gasteiger partial charge in [-0.25, -0.2) is 28.6 Å². The van der Waals surface area contributed by atoms with Gasteiger partial charge in [-0.15, -0.1) is 0 Å². The second-order valence-electron chi connectivity index (χ2n) is 18.6. The number of fused-ring (bicyclic) bond motifs is 1. The van der Waals surface area contributed by atoms with Crippen LogP contribution in [0.25, 0.3) is 11.2 Å². The molecule has 394 valence electrons. The highest BCUT2D eigenvalue weighted by atomic mass is 32.2. The van der Waals surface area contributed by atoms with Crippen molar-refractivity contribution in [3.05, 3.63) is 24.3 Å². The van der Waals surface area contributed by atoms with Crippen molar-refractivity contribution in [3.63, 3.8) is 0 Å². The van der Waals surface area contributed by atoms with E-state index in [-0.39, 0.29) is 41.6 Å². The van der Waals surface area contributed by atoms with Crippen molar-refractivity contribution < 1.29 is 80.5 Å². The predicted molar refractivity (Wildman–Crippen MR) is 256 cm³/mol. The lowest BCUT2D eigenvalue weighted by Gasteiger charge is -2.30. The van der Waals surface area contributed by atoms with Gasteiger partial charge >= 0.3 is 23.5 Å². The minimum absolute atomic E-state index is 0.0319. The highest BCUT2D eigenvalue weighted by Crippen LogP contribution is 2.61. The molecule has 2 aromatic rings. The van der Waals surface area contributed by atoms with Crippen molar-refractivity contribution in [1.29, 1.82) is 0 Å². The molecule has 1 fully saturated rings. The van der Waals surface area contributed by atoms with Gasteiger partial charge in [0.05, 0.1) is 19.5 Å². The van der Waals surface area contributed by atoms with Crippen LogP contribution in [-0.4, -0.2) is 123 Å². The molecule has 28 heteroatoms. The third kappa shape index (κ3) is 21.9. The fourth-order valence-corrected chi connectivity index (χ4v) is 10.8. The van der Waals surface area contributed by atoms with Crippen molar-refractivity contribution >= 4 is 69.1 Å². The molecule has 24 nitrogen and oxygen atoms in total. The highest BCUT2D eigenvalue weighted by molar-refractivity contribution is 8.14. The summed E-state index contributed by atoms with van der Waals surface area (Å²) in [7, 11) is -16.4. The molecule has 10 N–H and O–H groups in total. The van der Waals surface area contributed by atoms with Crippen molar-refractivity contribution in [1.82, 2.24) is 30.2 Å². The van der Waals surface area contributed by atoms with E-state index < -0.39 is 84.6 Å². The van der Waals surface area contributed by atoms with Gasteiger partial charge in [-0.05, 0) is 43.6 Å². The fourth-order valence-electron chi connectivity index (χ4n) is 7.30. The number of nitrogens with zero attached hydrogens (tertiary/aromatic N) is 4. The molecule has 69 heavy (non-hydrogen) atoms. The Hall–Kier alpha value is -2.70. The van der Waals surface area contributed by atoms with E-state index in [0.717, 1.165) is 65.7 Å². The van der Waals surface area contributed by atoms with Crippen LogP contribution in [0.2, 0.25) is 0 Å². The lowest BCUT2D eigenvalue weighted by molar-refractivity contribution is -0.137. The topological polar surface area (TPSA) is 364 Å². The van der Waals surface area contributed by atoms with Gasteiger partial charge in [-0.2, -0.15) is 4.31 Å². The van der Waals surface area contributed by atoms with Crippen LogP contribution in [0.5, 0.6) is 0 Å². The van der Waals surface area contributed by atoms with Crippen LogP contribution >= 0.6 is 35.2 Å². The molecule has 0 spiro atoms. The summed E-state index contributed by atoms with van der Waals surface area (Å²) in [6.07, 6.45) is 5.36. The number of ether oxygens (including phenoxy) is 1. The summed E-state index contributed by atoms with van der Waals surface area (Å²) in [5.41, 5.74) is 5.29. The third-order valence-corrected chi connectivity index (χ3v) is 15.2. The minimum atomic E-state index is -5.58. The summed E-state index contributed by atoms with van der Waals surface area (Å²) in [6.45, 7) is 11.6. The number of nitrogens with two attached hydrogens (primary N) is 1. The Morgan fingerprint density at radius 3 is 2.17 bits per heavy atom. The number of carbonyl (C=O) groups is 3. The van der Waals surface area contributed by atoms with Crippen LogP contribution in [-0.2, 0) is 50.7 Å². The smallest absolute Gasteiger partial charge is 0.386 e. The number of hydrogen-bond donors (Lipinski definition) is 9. The number of aliphatic hydroxyl groups is 2. The standard InChI is InChI=1S/C41H72N7O17P3S/c1-26(2)11-8-12-27(3)13-9-14-28(4)15-10-16-29(5)21-32(50)69-20-19-43-31(49)17-18-44-39(53)36(52)41(6,7)23-62-68(59,60)65-67(57,58)61-22-30-35(64-66(54,55)56)34(51)40(63-30)48-25-47-33-37(42)45-24-46-38(33)48/h21,24-28,30,34-36,40,51-52H,8-20,22-23H2,1-7H3,(H,43,49)(H,44,53)(H,57,58)(H,59,60)(H2,42,45,46)(H2,54,55,56)/b29-21+/t27?,28?,30-,34-,35-,36+,40-/m1/s1. The molecule has 0 bridgehead atoms. The van der Waals surface area contributed by atoms with Gasteiger partial charge in [0.2, 0.25) is 16.9 Å². The van der Waals surface area contributed by atoms with E-state index in [1.807, 2.05) is 6.92 Å². The maximum atomic E-state index is 12.8. The SMILES string of the molecule is C/C(=C\C(=O)SCCNC(=O)CCNC(=O)[C@H](O)C(C)(C)COP(=O)(O)OP(=O)(O)OC[C@H]1O[C@@H](n2cnc3c(N)ncnc32)[C@H](O)[C@@H]1OP(=O)(O)O)CCCC(C)CCCC(C)CCCC(C)C. The first-order valence-electron chi connectivity index (χ1n) is 22.8. The molecular formula is C41H72N7O17P3S. The summed E-state index contributed by atoms with van der Waals surface area (Å²) in [6, 6.07) is 0. The number of imidazole rings is 1. The van der Waals surface area contributed by atoms with Crippen molar-refractivity contribution in [2.45, 2.75) is 143 Å². The fraction of sp³-hybridized carbons (Fsp3) is 0.756. The molecule has 0 aliphatic carbocycles. The number of anilines is 1. The number of thioether (sulfide) groups is 1. The Morgan fingerprint density at radius 2 is 1.54 bits per heavy atom. The number of hydrogen-bond acceptors (Lipinski definition) is 18. The summed E-state index contributed by atoms with van der Waals surface area (Å²) in [5.74, 6) is 1.08. The van der Waals surface area contributed by atoms with Crippen molar-refractivity contribution in [3.8, 4) is 0 Å². The van der Waals surface area contributed by atoms with Crippen LogP contribution in [0, 0.1) is 23.2 Å².